The fourth-order valence-electron chi connectivity index (χ4n) is 0.869. The largest absolute Gasteiger partial charge is 0.464 e. The van der Waals surface area contributed by atoms with Gasteiger partial charge in [0.2, 0.25) is 11.7 Å². The van der Waals surface area contributed by atoms with E-state index in [4.69, 9.17) is 11.2 Å². The number of hydrogen-bond donors (Lipinski definition) is 1. The second kappa shape index (κ2) is 4.70. The molecule has 0 bridgehead atoms. The molecule has 1 rings (SSSR count). The van der Waals surface area contributed by atoms with Gasteiger partial charge in [-0.05, 0) is 0 Å². The van der Waals surface area contributed by atoms with E-state index >= 15 is 0 Å². The van der Waals surface area contributed by atoms with Gasteiger partial charge in [0.1, 0.15) is 5.82 Å². The third-order valence-electron chi connectivity index (χ3n) is 1.52. The molecule has 0 unspecified atom stereocenters. The fraction of sp³-hybridized carbons (Fsp3) is 0.333. The maximum absolute atomic E-state index is 12.4. The number of rotatable bonds is 3. The SMILES string of the molecule is C#CCOc1cc(NC)nc(C(F)(F)F)n1. The van der Waals surface area contributed by atoms with Crippen LogP contribution in [0.1, 0.15) is 5.82 Å². The number of terminal acetylenes is 1. The van der Waals surface area contributed by atoms with E-state index in [1.54, 1.807) is 0 Å². The molecule has 0 radical (unpaired) electrons. The first-order valence-corrected chi connectivity index (χ1v) is 4.17. The van der Waals surface area contributed by atoms with Gasteiger partial charge in [-0.2, -0.15) is 18.2 Å². The first-order chi connectivity index (χ1) is 7.47. The van der Waals surface area contributed by atoms with Gasteiger partial charge in [0, 0.05) is 13.1 Å². The van der Waals surface area contributed by atoms with Crippen molar-refractivity contribution in [3.63, 3.8) is 0 Å². The summed E-state index contributed by atoms with van der Waals surface area (Å²) in [7, 11) is 1.44. The lowest BCUT2D eigenvalue weighted by molar-refractivity contribution is -0.145. The molecule has 1 heterocycles. The molecular weight excluding hydrogens is 223 g/mol. The van der Waals surface area contributed by atoms with Crippen LogP contribution >= 0.6 is 0 Å². The summed E-state index contributed by atoms with van der Waals surface area (Å²) in [5.41, 5.74) is 0. The third-order valence-corrected chi connectivity index (χ3v) is 1.52. The van der Waals surface area contributed by atoms with Crippen molar-refractivity contribution in [1.29, 1.82) is 0 Å². The molecule has 1 aromatic rings. The molecule has 0 aliphatic rings. The van der Waals surface area contributed by atoms with Gasteiger partial charge in [-0.25, -0.2) is 4.98 Å². The van der Waals surface area contributed by atoms with E-state index in [2.05, 4.69) is 21.2 Å². The van der Waals surface area contributed by atoms with E-state index in [-0.39, 0.29) is 18.3 Å². The second-order valence-corrected chi connectivity index (χ2v) is 2.66. The van der Waals surface area contributed by atoms with Gasteiger partial charge in [-0.3, -0.25) is 0 Å². The van der Waals surface area contributed by atoms with Crippen molar-refractivity contribution in [3.05, 3.63) is 11.9 Å². The van der Waals surface area contributed by atoms with Crippen LogP contribution in [0.4, 0.5) is 19.0 Å². The summed E-state index contributed by atoms with van der Waals surface area (Å²) in [5.74, 6) is 0.646. The zero-order valence-corrected chi connectivity index (χ0v) is 8.30. The van der Waals surface area contributed by atoms with Crippen LogP contribution in [-0.2, 0) is 6.18 Å². The maximum atomic E-state index is 12.4. The molecule has 16 heavy (non-hydrogen) atoms. The monoisotopic (exact) mass is 231 g/mol. The van der Waals surface area contributed by atoms with Gasteiger partial charge in [0.15, 0.2) is 6.61 Å². The summed E-state index contributed by atoms with van der Waals surface area (Å²) < 4.78 is 41.9. The lowest BCUT2D eigenvalue weighted by Crippen LogP contribution is -2.13. The summed E-state index contributed by atoms with van der Waals surface area (Å²) in [6.07, 6.45) is 0.291. The molecule has 0 saturated carbocycles. The van der Waals surface area contributed by atoms with Crippen molar-refractivity contribution in [2.75, 3.05) is 19.0 Å². The number of nitrogens with one attached hydrogen (secondary N) is 1. The van der Waals surface area contributed by atoms with Gasteiger partial charge < -0.3 is 10.1 Å². The van der Waals surface area contributed by atoms with Crippen LogP contribution in [0, 0.1) is 12.3 Å². The van der Waals surface area contributed by atoms with Crippen LogP contribution < -0.4 is 10.1 Å². The molecule has 0 aromatic carbocycles. The molecule has 0 aliphatic heterocycles. The van der Waals surface area contributed by atoms with Crippen molar-refractivity contribution in [2.45, 2.75) is 6.18 Å². The van der Waals surface area contributed by atoms with Crippen LogP contribution in [-0.4, -0.2) is 23.6 Å². The van der Waals surface area contributed by atoms with E-state index in [0.717, 1.165) is 0 Å². The standard InChI is InChI=1S/C9H8F3N3O/c1-3-4-16-7-5-6(13-2)14-8(15-7)9(10,11)12/h1,5H,4H2,2H3,(H,13,14,15). The third kappa shape index (κ3) is 3.02. The minimum absolute atomic E-state index is 0.00865. The van der Waals surface area contributed by atoms with Crippen LogP contribution in [0.5, 0.6) is 5.88 Å². The summed E-state index contributed by atoms with van der Waals surface area (Å²) in [5, 5.41) is 2.47. The summed E-state index contributed by atoms with van der Waals surface area (Å²) in [6.45, 7) is -0.155. The van der Waals surface area contributed by atoms with Gasteiger partial charge in [-0.15, -0.1) is 6.42 Å². The molecule has 7 heteroatoms. The minimum atomic E-state index is -4.62. The highest BCUT2D eigenvalue weighted by Gasteiger charge is 2.35. The number of hydrogen-bond acceptors (Lipinski definition) is 4. The van der Waals surface area contributed by atoms with Crippen LogP contribution in [0.25, 0.3) is 0 Å². The smallest absolute Gasteiger partial charge is 0.451 e. The average Bonchev–Trinajstić information content (AvgIpc) is 2.24. The summed E-state index contributed by atoms with van der Waals surface area (Å²) in [4.78, 5) is 6.45. The van der Waals surface area contributed by atoms with Crippen molar-refractivity contribution in [2.24, 2.45) is 0 Å². The minimum Gasteiger partial charge on any atom is -0.464 e. The van der Waals surface area contributed by atoms with Crippen molar-refractivity contribution in [1.82, 2.24) is 9.97 Å². The lowest BCUT2D eigenvalue weighted by atomic mass is 10.5. The highest BCUT2D eigenvalue weighted by Crippen LogP contribution is 2.28. The Bertz CT molecular complexity index is 411. The normalized spacial score (nSPS) is 10.7. The van der Waals surface area contributed by atoms with E-state index in [1.165, 1.54) is 13.1 Å². The van der Waals surface area contributed by atoms with Gasteiger partial charge in [-0.1, -0.05) is 5.92 Å². The van der Waals surface area contributed by atoms with Crippen molar-refractivity contribution in [3.8, 4) is 18.2 Å². The predicted molar refractivity (Wildman–Crippen MR) is 50.9 cm³/mol. The van der Waals surface area contributed by atoms with E-state index in [9.17, 15) is 13.2 Å². The van der Waals surface area contributed by atoms with E-state index in [0.29, 0.717) is 0 Å². The number of nitrogens with zero attached hydrogens (tertiary/aromatic N) is 2. The van der Waals surface area contributed by atoms with Gasteiger partial charge >= 0.3 is 6.18 Å². The van der Waals surface area contributed by atoms with Crippen molar-refractivity contribution >= 4 is 5.82 Å². The quantitative estimate of drug-likeness (QED) is 0.802. The van der Waals surface area contributed by atoms with Crippen LogP contribution in [0.15, 0.2) is 6.07 Å². The Balaban J connectivity index is 3.07. The number of ether oxygens (including phenoxy) is 1. The highest BCUT2D eigenvalue weighted by molar-refractivity contribution is 5.38. The molecule has 0 atom stereocenters. The Morgan fingerprint density at radius 1 is 1.50 bits per heavy atom. The van der Waals surface area contributed by atoms with E-state index < -0.39 is 12.0 Å². The van der Waals surface area contributed by atoms with Gasteiger partial charge in [0.05, 0.1) is 0 Å². The summed E-state index contributed by atoms with van der Waals surface area (Å²) >= 11 is 0. The van der Waals surface area contributed by atoms with E-state index in [1.807, 2.05) is 0 Å². The molecule has 0 amide bonds. The number of halogens is 3. The Kier molecular flexibility index (Phi) is 3.55. The second-order valence-electron chi connectivity index (χ2n) is 2.66. The van der Waals surface area contributed by atoms with Gasteiger partial charge in [0.25, 0.3) is 0 Å². The first-order valence-electron chi connectivity index (χ1n) is 4.17. The molecule has 86 valence electrons. The first kappa shape index (κ1) is 12.1. The maximum Gasteiger partial charge on any atom is 0.451 e. The summed E-state index contributed by atoms with van der Waals surface area (Å²) in [6, 6.07) is 1.23. The number of aromatic nitrogens is 2. The topological polar surface area (TPSA) is 47.0 Å². The van der Waals surface area contributed by atoms with Crippen LogP contribution in [0.3, 0.4) is 0 Å². The fourth-order valence-corrected chi connectivity index (χ4v) is 0.869. The Labute approximate surface area is 89.9 Å². The Morgan fingerprint density at radius 3 is 2.69 bits per heavy atom. The molecular formula is C9H8F3N3O. The zero-order chi connectivity index (χ0) is 12.2. The molecule has 1 N–H and O–H groups in total. The molecule has 0 aliphatic carbocycles. The highest BCUT2D eigenvalue weighted by atomic mass is 19.4. The number of alkyl halides is 3. The molecule has 1 aromatic heterocycles. The average molecular weight is 231 g/mol. The van der Waals surface area contributed by atoms with Crippen molar-refractivity contribution < 1.29 is 17.9 Å². The Hall–Kier alpha value is -1.97. The Morgan fingerprint density at radius 2 is 2.19 bits per heavy atom. The molecule has 0 saturated heterocycles. The molecule has 4 nitrogen and oxygen atoms in total. The molecule has 0 spiro atoms. The lowest BCUT2D eigenvalue weighted by Gasteiger charge is -2.09. The van der Waals surface area contributed by atoms with Crippen LogP contribution in [0.2, 0.25) is 0 Å². The predicted octanol–water partition coefficient (Wildman–Crippen LogP) is 1.55. The molecule has 0 fully saturated rings. The zero-order valence-electron chi connectivity index (χ0n) is 8.30. The number of anilines is 1.